The van der Waals surface area contributed by atoms with Crippen molar-refractivity contribution >= 4 is 15.9 Å². The van der Waals surface area contributed by atoms with Crippen LogP contribution in [0.25, 0.3) is 0 Å². The van der Waals surface area contributed by atoms with Crippen molar-refractivity contribution in [3.63, 3.8) is 0 Å². The van der Waals surface area contributed by atoms with Crippen LogP contribution >= 0.6 is 15.9 Å². The SMILES string of the molecule is Brc1cc(C2CCCN2)oc1C1CCC1. The van der Waals surface area contributed by atoms with Gasteiger partial charge in [-0.25, -0.2) is 0 Å². The summed E-state index contributed by atoms with van der Waals surface area (Å²) in [5, 5.41) is 3.47. The first-order valence-electron chi connectivity index (χ1n) is 5.87. The largest absolute Gasteiger partial charge is 0.463 e. The molecule has 1 N–H and O–H groups in total. The van der Waals surface area contributed by atoms with Gasteiger partial charge in [0.05, 0.1) is 10.5 Å². The van der Waals surface area contributed by atoms with Crippen LogP contribution in [0.15, 0.2) is 15.0 Å². The van der Waals surface area contributed by atoms with Crippen LogP contribution in [0.2, 0.25) is 0 Å². The van der Waals surface area contributed by atoms with E-state index >= 15 is 0 Å². The number of rotatable bonds is 2. The summed E-state index contributed by atoms with van der Waals surface area (Å²) >= 11 is 3.62. The van der Waals surface area contributed by atoms with Crippen molar-refractivity contribution in [3.8, 4) is 0 Å². The van der Waals surface area contributed by atoms with E-state index < -0.39 is 0 Å². The van der Waals surface area contributed by atoms with E-state index in [9.17, 15) is 0 Å². The summed E-state index contributed by atoms with van der Waals surface area (Å²) in [6.45, 7) is 1.13. The van der Waals surface area contributed by atoms with Crippen molar-refractivity contribution in [3.05, 3.63) is 22.1 Å². The van der Waals surface area contributed by atoms with Gasteiger partial charge in [0.15, 0.2) is 0 Å². The third-order valence-electron chi connectivity index (χ3n) is 3.61. The number of hydrogen-bond donors (Lipinski definition) is 1. The average Bonchev–Trinajstić information content (AvgIpc) is 2.72. The first-order chi connectivity index (χ1) is 7.34. The predicted octanol–water partition coefficient (Wildman–Crippen LogP) is 3.73. The van der Waals surface area contributed by atoms with Crippen LogP contribution < -0.4 is 5.32 Å². The number of furan rings is 1. The normalized spacial score (nSPS) is 26.9. The molecule has 2 fully saturated rings. The zero-order chi connectivity index (χ0) is 10.3. The third kappa shape index (κ3) is 1.76. The summed E-state index contributed by atoms with van der Waals surface area (Å²) in [4.78, 5) is 0. The molecule has 15 heavy (non-hydrogen) atoms. The highest BCUT2D eigenvalue weighted by Gasteiger charge is 2.28. The minimum Gasteiger partial charge on any atom is -0.463 e. The molecule has 2 heterocycles. The van der Waals surface area contributed by atoms with E-state index in [1.165, 1.54) is 42.3 Å². The highest BCUT2D eigenvalue weighted by molar-refractivity contribution is 9.10. The molecule has 1 aliphatic heterocycles. The van der Waals surface area contributed by atoms with Crippen LogP contribution in [0.5, 0.6) is 0 Å². The quantitative estimate of drug-likeness (QED) is 0.885. The van der Waals surface area contributed by atoms with Gasteiger partial charge in [0.1, 0.15) is 11.5 Å². The highest BCUT2D eigenvalue weighted by Crippen LogP contribution is 2.42. The van der Waals surface area contributed by atoms with Gasteiger partial charge in [-0.15, -0.1) is 0 Å². The molecule has 1 aliphatic carbocycles. The third-order valence-corrected chi connectivity index (χ3v) is 4.23. The Hall–Kier alpha value is -0.280. The van der Waals surface area contributed by atoms with Gasteiger partial charge >= 0.3 is 0 Å². The molecule has 1 atom stereocenters. The summed E-state index contributed by atoms with van der Waals surface area (Å²) in [5.74, 6) is 2.99. The van der Waals surface area contributed by atoms with E-state index in [-0.39, 0.29) is 0 Å². The van der Waals surface area contributed by atoms with E-state index in [1.807, 2.05) is 0 Å². The number of nitrogens with one attached hydrogen (secondary N) is 1. The molecule has 0 radical (unpaired) electrons. The smallest absolute Gasteiger partial charge is 0.122 e. The second-order valence-corrected chi connectivity index (χ2v) is 5.49. The minimum atomic E-state index is 0.454. The van der Waals surface area contributed by atoms with Gasteiger partial charge in [0.2, 0.25) is 0 Å². The molecule has 1 saturated heterocycles. The molecule has 1 aromatic rings. The molecular weight excluding hydrogens is 254 g/mol. The maximum atomic E-state index is 5.99. The van der Waals surface area contributed by atoms with Gasteiger partial charge in [0, 0.05) is 5.92 Å². The summed E-state index contributed by atoms with van der Waals surface area (Å²) in [6, 6.07) is 2.62. The lowest BCUT2D eigenvalue weighted by atomic mass is 9.84. The summed E-state index contributed by atoms with van der Waals surface area (Å²) in [7, 11) is 0. The molecule has 82 valence electrons. The van der Waals surface area contributed by atoms with Crippen LogP contribution in [-0.4, -0.2) is 6.54 Å². The molecule has 1 unspecified atom stereocenters. The molecular formula is C12H16BrNO. The Balaban J connectivity index is 1.83. The van der Waals surface area contributed by atoms with E-state index in [0.29, 0.717) is 12.0 Å². The molecule has 3 heteroatoms. The molecule has 3 rings (SSSR count). The minimum absolute atomic E-state index is 0.454. The van der Waals surface area contributed by atoms with Crippen LogP contribution in [0.1, 0.15) is 55.6 Å². The zero-order valence-corrected chi connectivity index (χ0v) is 10.3. The standard InChI is InChI=1S/C12H16BrNO/c13-9-7-11(10-5-2-6-14-10)15-12(9)8-3-1-4-8/h7-8,10,14H,1-6H2. The van der Waals surface area contributed by atoms with Crippen LogP contribution in [-0.2, 0) is 0 Å². The van der Waals surface area contributed by atoms with Gasteiger partial charge < -0.3 is 9.73 Å². The van der Waals surface area contributed by atoms with Gasteiger partial charge in [-0.1, -0.05) is 6.42 Å². The molecule has 1 aromatic heterocycles. The van der Waals surface area contributed by atoms with Crippen molar-refractivity contribution in [2.24, 2.45) is 0 Å². The van der Waals surface area contributed by atoms with E-state index in [4.69, 9.17) is 4.42 Å². The van der Waals surface area contributed by atoms with E-state index in [1.54, 1.807) is 0 Å². The number of halogens is 1. The van der Waals surface area contributed by atoms with Crippen molar-refractivity contribution in [1.82, 2.24) is 5.32 Å². The summed E-state index contributed by atoms with van der Waals surface area (Å²) in [6.07, 6.45) is 6.42. The predicted molar refractivity (Wildman–Crippen MR) is 63.0 cm³/mol. The van der Waals surface area contributed by atoms with Gasteiger partial charge in [-0.3, -0.25) is 0 Å². The van der Waals surface area contributed by atoms with E-state index in [2.05, 4.69) is 27.3 Å². The Labute approximate surface area is 98.6 Å². The molecule has 0 aromatic carbocycles. The zero-order valence-electron chi connectivity index (χ0n) is 8.76. The lowest BCUT2D eigenvalue weighted by Gasteiger charge is -2.23. The van der Waals surface area contributed by atoms with Gasteiger partial charge in [-0.2, -0.15) is 0 Å². The highest BCUT2D eigenvalue weighted by atomic mass is 79.9. The lowest BCUT2D eigenvalue weighted by molar-refractivity contribution is 0.323. The molecule has 0 spiro atoms. The molecule has 1 saturated carbocycles. The van der Waals surface area contributed by atoms with Crippen LogP contribution in [0.4, 0.5) is 0 Å². The van der Waals surface area contributed by atoms with Crippen LogP contribution in [0, 0.1) is 0 Å². The Morgan fingerprint density at radius 1 is 1.27 bits per heavy atom. The Kier molecular flexibility index (Phi) is 2.61. The Bertz CT molecular complexity index is 351. The maximum absolute atomic E-state index is 5.99. The Morgan fingerprint density at radius 3 is 2.73 bits per heavy atom. The maximum Gasteiger partial charge on any atom is 0.122 e. The van der Waals surface area contributed by atoms with Crippen LogP contribution in [0.3, 0.4) is 0 Å². The Morgan fingerprint density at radius 2 is 2.13 bits per heavy atom. The van der Waals surface area contributed by atoms with Crippen molar-refractivity contribution < 1.29 is 4.42 Å². The molecule has 0 bridgehead atoms. The topological polar surface area (TPSA) is 25.2 Å². The lowest BCUT2D eigenvalue weighted by Crippen LogP contribution is -2.12. The van der Waals surface area contributed by atoms with Gasteiger partial charge in [0.25, 0.3) is 0 Å². The fraction of sp³-hybridized carbons (Fsp3) is 0.667. The summed E-state index contributed by atoms with van der Waals surface area (Å²) < 4.78 is 7.17. The second-order valence-electron chi connectivity index (χ2n) is 4.64. The first-order valence-corrected chi connectivity index (χ1v) is 6.66. The first kappa shape index (κ1) is 9.91. The van der Waals surface area contributed by atoms with Crippen molar-refractivity contribution in [2.75, 3.05) is 6.54 Å². The fourth-order valence-electron chi connectivity index (χ4n) is 2.45. The average molecular weight is 270 g/mol. The monoisotopic (exact) mass is 269 g/mol. The summed E-state index contributed by atoms with van der Waals surface area (Å²) in [5.41, 5.74) is 0. The van der Waals surface area contributed by atoms with Crippen molar-refractivity contribution in [1.29, 1.82) is 0 Å². The van der Waals surface area contributed by atoms with Crippen molar-refractivity contribution in [2.45, 2.75) is 44.1 Å². The second kappa shape index (κ2) is 3.95. The molecule has 2 nitrogen and oxygen atoms in total. The molecule has 0 amide bonds. The fourth-order valence-corrected chi connectivity index (χ4v) is 3.08. The molecule has 2 aliphatic rings. The van der Waals surface area contributed by atoms with E-state index in [0.717, 1.165) is 12.3 Å². The van der Waals surface area contributed by atoms with Gasteiger partial charge in [-0.05, 0) is 54.2 Å². The number of hydrogen-bond acceptors (Lipinski definition) is 2.